The van der Waals surface area contributed by atoms with Gasteiger partial charge in [-0.2, -0.15) is 0 Å². The molecule has 2 aromatic heterocycles. The molecule has 0 radical (unpaired) electrons. The topological polar surface area (TPSA) is 65.7 Å². The minimum absolute atomic E-state index is 0.122. The van der Waals surface area contributed by atoms with Crippen LogP contribution in [0.3, 0.4) is 0 Å². The number of nitrogens with one attached hydrogen (secondary N) is 2. The summed E-state index contributed by atoms with van der Waals surface area (Å²) in [6.45, 7) is 6.36. The lowest BCUT2D eigenvalue weighted by Gasteiger charge is -2.21. The first kappa shape index (κ1) is 18.5. The highest BCUT2D eigenvalue weighted by molar-refractivity contribution is 7.09. The highest BCUT2D eigenvalue weighted by Gasteiger charge is 2.16. The second kappa shape index (κ2) is 9.44. The van der Waals surface area contributed by atoms with Gasteiger partial charge in [0.15, 0.2) is 5.96 Å². The summed E-state index contributed by atoms with van der Waals surface area (Å²) in [5.74, 6) is 1.75. The van der Waals surface area contributed by atoms with Gasteiger partial charge >= 0.3 is 0 Å². The smallest absolute Gasteiger partial charge is 0.191 e. The Bertz CT molecular complexity index is 621. The number of hydrogen-bond donors (Lipinski definition) is 2. The second-order valence-corrected chi connectivity index (χ2v) is 6.81. The molecule has 0 spiro atoms. The Hall–Kier alpha value is -1.86. The van der Waals surface area contributed by atoms with Gasteiger partial charge in [-0.1, -0.05) is 0 Å². The van der Waals surface area contributed by atoms with Crippen LogP contribution in [0.5, 0.6) is 0 Å². The summed E-state index contributed by atoms with van der Waals surface area (Å²) in [5, 5.41) is 9.88. The van der Waals surface area contributed by atoms with Crippen molar-refractivity contribution in [2.45, 2.75) is 26.3 Å². The van der Waals surface area contributed by atoms with E-state index in [0.717, 1.165) is 41.9 Å². The van der Waals surface area contributed by atoms with E-state index in [4.69, 9.17) is 9.41 Å². The van der Waals surface area contributed by atoms with Crippen molar-refractivity contribution < 1.29 is 4.42 Å². The molecule has 6 nitrogen and oxygen atoms in total. The lowest BCUT2D eigenvalue weighted by Crippen LogP contribution is -2.39. The van der Waals surface area contributed by atoms with Gasteiger partial charge < -0.3 is 15.1 Å². The van der Waals surface area contributed by atoms with E-state index < -0.39 is 0 Å². The van der Waals surface area contributed by atoms with Gasteiger partial charge in [0.25, 0.3) is 0 Å². The summed E-state index contributed by atoms with van der Waals surface area (Å²) in [4.78, 5) is 11.3. The summed E-state index contributed by atoms with van der Waals surface area (Å²) in [7, 11) is 4.07. The van der Waals surface area contributed by atoms with Crippen molar-refractivity contribution in [2.24, 2.45) is 4.99 Å². The molecular formula is C17H27N5OS. The number of nitrogens with zero attached hydrogens (tertiary/aromatic N) is 3. The third-order valence-corrected chi connectivity index (χ3v) is 4.42. The maximum absolute atomic E-state index is 5.53. The van der Waals surface area contributed by atoms with Crippen LogP contribution in [-0.4, -0.2) is 49.6 Å². The summed E-state index contributed by atoms with van der Waals surface area (Å²) < 4.78 is 5.53. The molecular weight excluding hydrogens is 322 g/mol. The normalized spacial score (nSPS) is 13.3. The zero-order chi connectivity index (χ0) is 17.4. The van der Waals surface area contributed by atoms with Gasteiger partial charge in [0.05, 0.1) is 29.6 Å². The lowest BCUT2D eigenvalue weighted by atomic mass is 10.2. The van der Waals surface area contributed by atoms with E-state index in [0.29, 0.717) is 6.54 Å². The molecule has 0 aliphatic heterocycles. The zero-order valence-electron chi connectivity index (χ0n) is 14.9. The minimum atomic E-state index is 0.122. The average Bonchev–Trinajstić information content (AvgIpc) is 3.19. The van der Waals surface area contributed by atoms with Crippen LogP contribution in [0.15, 0.2) is 33.2 Å². The number of aromatic nitrogens is 1. The van der Waals surface area contributed by atoms with Crippen molar-refractivity contribution in [2.75, 3.05) is 33.7 Å². The van der Waals surface area contributed by atoms with Crippen LogP contribution >= 0.6 is 11.3 Å². The van der Waals surface area contributed by atoms with E-state index in [1.54, 1.807) is 17.6 Å². The van der Waals surface area contributed by atoms with Crippen LogP contribution < -0.4 is 10.6 Å². The molecule has 2 N–H and O–H groups in total. The van der Waals surface area contributed by atoms with Crippen LogP contribution in [0.2, 0.25) is 0 Å². The number of aliphatic imine (C=N–C) groups is 1. The molecule has 0 aliphatic rings. The molecule has 24 heavy (non-hydrogen) atoms. The number of rotatable bonds is 8. The third kappa shape index (κ3) is 5.65. The van der Waals surface area contributed by atoms with Crippen LogP contribution in [0.25, 0.3) is 0 Å². The summed E-state index contributed by atoms with van der Waals surface area (Å²) in [5.41, 5.74) is 1.13. The average molecular weight is 350 g/mol. The number of hydrogen-bond acceptors (Lipinski definition) is 5. The van der Waals surface area contributed by atoms with Crippen LogP contribution in [0, 0.1) is 6.92 Å². The van der Waals surface area contributed by atoms with Gasteiger partial charge in [0, 0.05) is 24.9 Å². The molecule has 0 aromatic carbocycles. The maximum atomic E-state index is 5.53. The van der Waals surface area contributed by atoms with Crippen molar-refractivity contribution >= 4 is 17.3 Å². The molecule has 0 bridgehead atoms. The van der Waals surface area contributed by atoms with E-state index in [1.165, 1.54) is 0 Å². The number of thiazole rings is 1. The molecule has 0 aliphatic carbocycles. The van der Waals surface area contributed by atoms with Gasteiger partial charge in [-0.25, -0.2) is 4.98 Å². The first-order valence-electron chi connectivity index (χ1n) is 8.23. The third-order valence-electron chi connectivity index (χ3n) is 3.60. The Balaban J connectivity index is 1.91. The Morgan fingerprint density at radius 2 is 2.25 bits per heavy atom. The standard InChI is InChI=1S/C17H27N5OS/c1-5-18-17(19-9-8-14-12-24-13(2)21-14)20-11-15(22(3)4)16-7-6-10-23-16/h6-7,10,12,15H,5,8-9,11H2,1-4H3,(H2,18,19,20). The molecule has 2 rings (SSSR count). The second-order valence-electron chi connectivity index (χ2n) is 5.75. The molecule has 0 saturated heterocycles. The van der Waals surface area contributed by atoms with Gasteiger partial charge in [-0.15, -0.1) is 11.3 Å². The molecule has 2 heterocycles. The Labute approximate surface area is 148 Å². The molecule has 132 valence electrons. The van der Waals surface area contributed by atoms with Gasteiger partial charge in [0.1, 0.15) is 5.76 Å². The van der Waals surface area contributed by atoms with E-state index in [-0.39, 0.29) is 6.04 Å². The summed E-state index contributed by atoms with van der Waals surface area (Å²) in [6, 6.07) is 4.02. The van der Waals surface area contributed by atoms with Crippen molar-refractivity contribution in [3.63, 3.8) is 0 Å². The molecule has 0 fully saturated rings. The zero-order valence-corrected chi connectivity index (χ0v) is 15.7. The number of furan rings is 1. The highest BCUT2D eigenvalue weighted by Crippen LogP contribution is 2.18. The lowest BCUT2D eigenvalue weighted by molar-refractivity contribution is 0.265. The molecule has 0 amide bonds. The van der Waals surface area contributed by atoms with E-state index in [2.05, 4.69) is 32.8 Å². The van der Waals surface area contributed by atoms with Crippen molar-refractivity contribution in [3.8, 4) is 0 Å². The Kier molecular flexibility index (Phi) is 7.27. The monoisotopic (exact) mass is 349 g/mol. The summed E-state index contributed by atoms with van der Waals surface area (Å²) in [6.07, 6.45) is 2.60. The van der Waals surface area contributed by atoms with Crippen LogP contribution in [0.1, 0.15) is 29.4 Å². The molecule has 2 aromatic rings. The van der Waals surface area contributed by atoms with E-state index >= 15 is 0 Å². The number of likely N-dealkylation sites (N-methyl/N-ethyl adjacent to an activating group) is 1. The van der Waals surface area contributed by atoms with E-state index in [1.807, 2.05) is 33.2 Å². The van der Waals surface area contributed by atoms with Gasteiger partial charge in [0.2, 0.25) is 0 Å². The molecule has 0 saturated carbocycles. The number of aryl methyl sites for hydroxylation is 1. The Morgan fingerprint density at radius 3 is 2.83 bits per heavy atom. The quantitative estimate of drug-likeness (QED) is 0.566. The molecule has 1 atom stereocenters. The Morgan fingerprint density at radius 1 is 1.42 bits per heavy atom. The highest BCUT2D eigenvalue weighted by atomic mass is 32.1. The minimum Gasteiger partial charge on any atom is -0.468 e. The SMILES string of the molecule is CCNC(=NCC(c1ccco1)N(C)C)NCCc1csc(C)n1. The van der Waals surface area contributed by atoms with Crippen molar-refractivity contribution in [1.29, 1.82) is 0 Å². The fourth-order valence-electron chi connectivity index (χ4n) is 2.34. The van der Waals surface area contributed by atoms with Crippen LogP contribution in [-0.2, 0) is 6.42 Å². The fourth-order valence-corrected chi connectivity index (χ4v) is 2.99. The predicted octanol–water partition coefficient (Wildman–Crippen LogP) is 2.45. The largest absolute Gasteiger partial charge is 0.468 e. The van der Waals surface area contributed by atoms with Gasteiger partial charge in [-0.3, -0.25) is 9.89 Å². The van der Waals surface area contributed by atoms with Crippen molar-refractivity contribution in [1.82, 2.24) is 20.5 Å². The van der Waals surface area contributed by atoms with Crippen LogP contribution in [0.4, 0.5) is 0 Å². The fraction of sp³-hybridized carbons (Fsp3) is 0.529. The maximum Gasteiger partial charge on any atom is 0.191 e. The summed E-state index contributed by atoms with van der Waals surface area (Å²) >= 11 is 1.69. The van der Waals surface area contributed by atoms with Gasteiger partial charge in [-0.05, 0) is 40.1 Å². The first-order chi connectivity index (χ1) is 11.6. The number of guanidine groups is 1. The van der Waals surface area contributed by atoms with E-state index in [9.17, 15) is 0 Å². The first-order valence-corrected chi connectivity index (χ1v) is 9.11. The van der Waals surface area contributed by atoms with Crippen molar-refractivity contribution in [3.05, 3.63) is 40.2 Å². The molecule has 7 heteroatoms. The predicted molar refractivity (Wildman–Crippen MR) is 99.7 cm³/mol. The molecule has 1 unspecified atom stereocenters.